The van der Waals surface area contributed by atoms with Gasteiger partial charge in [0.1, 0.15) is 0 Å². The molecule has 96 valence electrons. The Morgan fingerprint density at radius 2 is 1.68 bits per heavy atom. The molecule has 0 amide bonds. The minimum atomic E-state index is -0.464. The molecule has 0 radical (unpaired) electrons. The van der Waals surface area contributed by atoms with Crippen molar-refractivity contribution in [3.63, 3.8) is 0 Å². The first-order valence-electron chi connectivity index (χ1n) is 5.86. The van der Waals surface area contributed by atoms with Crippen molar-refractivity contribution in [1.82, 2.24) is 0 Å². The van der Waals surface area contributed by atoms with Gasteiger partial charge in [0.2, 0.25) is 0 Å². The smallest absolute Gasteiger partial charge is 0.344 e. The van der Waals surface area contributed by atoms with Gasteiger partial charge in [-0.05, 0) is 36.2 Å². The van der Waals surface area contributed by atoms with Crippen LogP contribution in [0.2, 0.25) is 0 Å². The zero-order valence-corrected chi connectivity index (χ0v) is 11.2. The van der Waals surface area contributed by atoms with E-state index >= 15 is 0 Å². The van der Waals surface area contributed by atoms with Crippen LogP contribution in [0.4, 0.5) is 0 Å². The number of benzene rings is 2. The molecule has 0 atom stereocenters. The lowest BCUT2D eigenvalue weighted by molar-refractivity contribution is 0.0652. The number of esters is 1. The Labute approximate surface area is 117 Å². The summed E-state index contributed by atoms with van der Waals surface area (Å²) in [5.74, 6) is -0.464. The van der Waals surface area contributed by atoms with Gasteiger partial charge in [0.05, 0.1) is 5.56 Å². The molecule has 2 rings (SSSR count). The molecule has 0 N–H and O–H groups in total. The van der Waals surface area contributed by atoms with Crippen LogP contribution in [0.1, 0.15) is 21.5 Å². The summed E-state index contributed by atoms with van der Waals surface area (Å²) in [7, 11) is 0. The van der Waals surface area contributed by atoms with Crippen molar-refractivity contribution in [1.29, 1.82) is 0 Å². The maximum atomic E-state index is 11.8. The molecule has 0 aliphatic carbocycles. The number of rotatable bonds is 3. The Morgan fingerprint density at radius 1 is 1.05 bits per heavy atom. The summed E-state index contributed by atoms with van der Waals surface area (Å²) in [6.07, 6.45) is 1.61. The van der Waals surface area contributed by atoms with E-state index < -0.39 is 5.97 Å². The second kappa shape index (κ2) is 6.21. The zero-order valence-electron chi connectivity index (χ0n) is 10.5. The highest BCUT2D eigenvalue weighted by Gasteiger charge is 2.07. The number of hydrogen-bond donors (Lipinski definition) is 0. The third-order valence-electron chi connectivity index (χ3n) is 2.56. The lowest BCUT2D eigenvalue weighted by Crippen LogP contribution is -2.02. The fourth-order valence-corrected chi connectivity index (χ4v) is 1.74. The molecule has 0 aromatic heterocycles. The van der Waals surface area contributed by atoms with E-state index in [9.17, 15) is 4.79 Å². The molecule has 0 aliphatic heterocycles. The van der Waals surface area contributed by atoms with Gasteiger partial charge in [-0.1, -0.05) is 48.0 Å². The van der Waals surface area contributed by atoms with E-state index in [-0.39, 0.29) is 5.22 Å². The highest BCUT2D eigenvalue weighted by atomic mass is 35.5. The molecule has 0 saturated carbocycles. The van der Waals surface area contributed by atoms with Crippen molar-refractivity contribution in [2.75, 3.05) is 0 Å². The summed E-state index contributed by atoms with van der Waals surface area (Å²) in [5.41, 5.74) is 2.52. The van der Waals surface area contributed by atoms with Crippen LogP contribution in [0.3, 0.4) is 0 Å². The highest BCUT2D eigenvalue weighted by Crippen LogP contribution is 2.14. The zero-order chi connectivity index (χ0) is 13.7. The Hall–Kier alpha value is -2.06. The minimum absolute atomic E-state index is 0.0534. The Kier molecular flexibility index (Phi) is 4.37. The number of halogens is 1. The second-order valence-electron chi connectivity index (χ2n) is 4.11. The van der Waals surface area contributed by atoms with E-state index in [1.165, 1.54) is 0 Å². The summed E-state index contributed by atoms with van der Waals surface area (Å²) >= 11 is 5.92. The Bertz CT molecular complexity index is 586. The largest absolute Gasteiger partial charge is 0.410 e. The minimum Gasteiger partial charge on any atom is -0.410 e. The molecule has 0 bridgehead atoms. The number of hydrogen-bond acceptors (Lipinski definition) is 2. The van der Waals surface area contributed by atoms with Crippen LogP contribution in [0, 0.1) is 6.92 Å². The van der Waals surface area contributed by atoms with Crippen LogP contribution < -0.4 is 0 Å². The third-order valence-corrected chi connectivity index (χ3v) is 2.74. The molecule has 2 aromatic carbocycles. The average Bonchev–Trinajstić information content (AvgIpc) is 2.42. The first kappa shape index (κ1) is 13.4. The van der Waals surface area contributed by atoms with E-state index in [1.54, 1.807) is 30.3 Å². The molecule has 0 heterocycles. The van der Waals surface area contributed by atoms with Gasteiger partial charge in [0.15, 0.2) is 5.22 Å². The molecule has 3 heteroatoms. The summed E-state index contributed by atoms with van der Waals surface area (Å²) in [5, 5.41) is 0.0534. The van der Waals surface area contributed by atoms with Crippen LogP contribution >= 0.6 is 11.6 Å². The number of carbonyl (C=O) groups excluding carboxylic acids is 1. The van der Waals surface area contributed by atoms with Crippen molar-refractivity contribution >= 4 is 23.6 Å². The maximum Gasteiger partial charge on any atom is 0.344 e. The quantitative estimate of drug-likeness (QED) is 0.612. The molecule has 19 heavy (non-hydrogen) atoms. The molecule has 0 fully saturated rings. The summed E-state index contributed by atoms with van der Waals surface area (Å²) < 4.78 is 5.06. The number of carbonyl (C=O) groups is 1. The summed E-state index contributed by atoms with van der Waals surface area (Å²) in [6, 6.07) is 16.5. The van der Waals surface area contributed by atoms with Gasteiger partial charge in [-0.15, -0.1) is 0 Å². The fraction of sp³-hybridized carbons (Fsp3) is 0.0625. The molecule has 0 aliphatic rings. The molecular formula is C16H13ClO2. The molecule has 0 unspecified atom stereocenters. The Morgan fingerprint density at radius 3 is 2.32 bits per heavy atom. The fourth-order valence-electron chi connectivity index (χ4n) is 1.54. The predicted octanol–water partition coefficient (Wildman–Crippen LogP) is 4.39. The van der Waals surface area contributed by atoms with Crippen LogP contribution in [0.5, 0.6) is 0 Å². The topological polar surface area (TPSA) is 26.3 Å². The Balaban J connectivity index is 2.07. The second-order valence-corrected chi connectivity index (χ2v) is 4.49. The molecule has 2 nitrogen and oxygen atoms in total. The third kappa shape index (κ3) is 3.97. The first-order valence-corrected chi connectivity index (χ1v) is 6.24. The van der Waals surface area contributed by atoms with E-state index in [4.69, 9.17) is 16.3 Å². The van der Waals surface area contributed by atoms with Gasteiger partial charge in [-0.25, -0.2) is 4.79 Å². The van der Waals surface area contributed by atoms with Gasteiger partial charge >= 0.3 is 5.97 Å². The van der Waals surface area contributed by atoms with Gasteiger partial charge < -0.3 is 4.74 Å². The van der Waals surface area contributed by atoms with Crippen molar-refractivity contribution < 1.29 is 9.53 Å². The highest BCUT2D eigenvalue weighted by molar-refractivity contribution is 6.31. The van der Waals surface area contributed by atoms with Crippen LogP contribution in [-0.2, 0) is 4.74 Å². The standard InChI is InChI=1S/C16H13ClO2/c1-12-7-9-13(10-8-12)11-15(17)19-16(18)14-5-3-2-4-6-14/h2-11H,1H3/b15-11-. The van der Waals surface area contributed by atoms with Crippen LogP contribution in [-0.4, -0.2) is 5.97 Å². The average molecular weight is 273 g/mol. The van der Waals surface area contributed by atoms with Crippen molar-refractivity contribution in [3.05, 3.63) is 76.5 Å². The molecule has 0 saturated heterocycles. The lowest BCUT2D eigenvalue weighted by Gasteiger charge is -2.02. The van der Waals surface area contributed by atoms with Crippen LogP contribution in [0.15, 0.2) is 59.8 Å². The van der Waals surface area contributed by atoms with Crippen LogP contribution in [0.25, 0.3) is 6.08 Å². The SMILES string of the molecule is Cc1ccc(/C=C(/Cl)OC(=O)c2ccccc2)cc1. The first-order chi connectivity index (χ1) is 9.15. The number of ether oxygens (including phenoxy) is 1. The van der Waals surface area contributed by atoms with Crippen molar-refractivity contribution in [2.24, 2.45) is 0 Å². The molecule has 0 spiro atoms. The number of aryl methyl sites for hydroxylation is 1. The molecular weight excluding hydrogens is 260 g/mol. The van der Waals surface area contributed by atoms with Gasteiger partial charge in [0.25, 0.3) is 0 Å². The van der Waals surface area contributed by atoms with E-state index in [0.717, 1.165) is 11.1 Å². The van der Waals surface area contributed by atoms with E-state index in [0.29, 0.717) is 5.56 Å². The molecule has 2 aromatic rings. The van der Waals surface area contributed by atoms with E-state index in [1.807, 2.05) is 37.3 Å². The van der Waals surface area contributed by atoms with Gasteiger partial charge in [-0.2, -0.15) is 0 Å². The normalized spacial score (nSPS) is 11.2. The monoisotopic (exact) mass is 272 g/mol. The predicted molar refractivity (Wildman–Crippen MR) is 76.9 cm³/mol. The van der Waals surface area contributed by atoms with Gasteiger partial charge in [-0.3, -0.25) is 0 Å². The summed E-state index contributed by atoms with van der Waals surface area (Å²) in [4.78, 5) is 11.8. The van der Waals surface area contributed by atoms with Crippen molar-refractivity contribution in [3.8, 4) is 0 Å². The van der Waals surface area contributed by atoms with Gasteiger partial charge in [0, 0.05) is 6.08 Å². The summed E-state index contributed by atoms with van der Waals surface area (Å²) in [6.45, 7) is 2.00. The lowest BCUT2D eigenvalue weighted by atomic mass is 10.1. The van der Waals surface area contributed by atoms with E-state index in [2.05, 4.69) is 0 Å². The van der Waals surface area contributed by atoms with Crippen molar-refractivity contribution in [2.45, 2.75) is 6.92 Å². The maximum absolute atomic E-state index is 11.8.